The minimum Gasteiger partial charge on any atom is -0.497 e. The van der Waals surface area contributed by atoms with Crippen molar-refractivity contribution < 1.29 is 18.9 Å². The maximum atomic E-state index is 6.82. The van der Waals surface area contributed by atoms with Crippen molar-refractivity contribution in [3.63, 3.8) is 0 Å². The quantitative estimate of drug-likeness (QED) is 0.381. The van der Waals surface area contributed by atoms with Gasteiger partial charge in [-0.2, -0.15) is 0 Å². The van der Waals surface area contributed by atoms with Crippen LogP contribution in [-0.2, 0) is 5.60 Å². The first-order chi connectivity index (χ1) is 15.7. The molecule has 0 saturated heterocycles. The first-order valence-corrected chi connectivity index (χ1v) is 10.5. The van der Waals surface area contributed by atoms with E-state index in [0.29, 0.717) is 0 Å². The summed E-state index contributed by atoms with van der Waals surface area (Å²) in [6.07, 6.45) is 4.25. The molecule has 0 fully saturated rings. The molecular formula is C28H24O4. The van der Waals surface area contributed by atoms with Crippen molar-refractivity contribution >= 4 is 16.8 Å². The summed E-state index contributed by atoms with van der Waals surface area (Å²) in [5.74, 6) is 3.23. The van der Waals surface area contributed by atoms with Gasteiger partial charge in [-0.1, -0.05) is 42.5 Å². The van der Waals surface area contributed by atoms with Gasteiger partial charge in [0.05, 0.1) is 21.3 Å². The van der Waals surface area contributed by atoms with Crippen LogP contribution < -0.4 is 18.9 Å². The highest BCUT2D eigenvalue weighted by molar-refractivity contribution is 5.98. The molecule has 0 bridgehead atoms. The van der Waals surface area contributed by atoms with Crippen LogP contribution >= 0.6 is 0 Å². The van der Waals surface area contributed by atoms with Crippen molar-refractivity contribution in [2.24, 2.45) is 0 Å². The van der Waals surface area contributed by atoms with Gasteiger partial charge in [-0.05, 0) is 53.9 Å². The summed E-state index contributed by atoms with van der Waals surface area (Å²) in [7, 11) is 5.03. The molecule has 0 atom stereocenters. The molecule has 32 heavy (non-hydrogen) atoms. The van der Waals surface area contributed by atoms with Gasteiger partial charge in [-0.15, -0.1) is 0 Å². The third-order valence-electron chi connectivity index (χ3n) is 6.02. The summed E-state index contributed by atoms with van der Waals surface area (Å²) < 4.78 is 23.2. The number of methoxy groups -OCH3 is 3. The molecule has 4 aromatic carbocycles. The average Bonchev–Trinajstić information content (AvgIpc) is 2.87. The summed E-state index contributed by atoms with van der Waals surface area (Å²) >= 11 is 0. The minimum absolute atomic E-state index is 0.790. The van der Waals surface area contributed by atoms with Crippen LogP contribution in [0.1, 0.15) is 16.7 Å². The third-order valence-corrected chi connectivity index (χ3v) is 6.02. The van der Waals surface area contributed by atoms with Gasteiger partial charge in [-0.3, -0.25) is 0 Å². The Morgan fingerprint density at radius 1 is 0.656 bits per heavy atom. The molecular weight excluding hydrogens is 400 g/mol. The van der Waals surface area contributed by atoms with Gasteiger partial charge in [0.15, 0.2) is 5.60 Å². The Kier molecular flexibility index (Phi) is 4.98. The maximum absolute atomic E-state index is 6.82. The maximum Gasteiger partial charge on any atom is 0.178 e. The van der Waals surface area contributed by atoms with Crippen LogP contribution in [-0.4, -0.2) is 21.3 Å². The number of hydrogen-bond donors (Lipinski definition) is 0. The lowest BCUT2D eigenvalue weighted by Crippen LogP contribution is -2.34. The lowest BCUT2D eigenvalue weighted by atomic mass is 9.83. The SMILES string of the molecule is COc1ccc(C2(c3ccc(OC)cc3)C=Cc3c(ccc4cccc(OC)c34)O2)cc1. The zero-order chi connectivity index (χ0) is 22.1. The molecule has 4 heteroatoms. The first-order valence-electron chi connectivity index (χ1n) is 10.5. The monoisotopic (exact) mass is 424 g/mol. The number of rotatable bonds is 5. The minimum atomic E-state index is -0.790. The molecule has 1 heterocycles. The predicted octanol–water partition coefficient (Wildman–Crippen LogP) is 6.22. The zero-order valence-corrected chi connectivity index (χ0v) is 18.3. The van der Waals surface area contributed by atoms with Crippen LogP contribution in [0.5, 0.6) is 23.0 Å². The Morgan fingerprint density at radius 3 is 1.84 bits per heavy atom. The van der Waals surface area contributed by atoms with Crippen molar-refractivity contribution in [1.29, 1.82) is 0 Å². The normalized spacial score (nSPS) is 13.8. The van der Waals surface area contributed by atoms with Crippen LogP contribution in [0.25, 0.3) is 16.8 Å². The molecule has 4 nitrogen and oxygen atoms in total. The molecule has 5 rings (SSSR count). The molecule has 0 saturated carbocycles. The summed E-state index contributed by atoms with van der Waals surface area (Å²) in [5, 5.41) is 2.15. The molecule has 0 aromatic heterocycles. The van der Waals surface area contributed by atoms with Gasteiger partial charge in [0.2, 0.25) is 0 Å². The summed E-state index contributed by atoms with van der Waals surface area (Å²) in [6.45, 7) is 0. The van der Waals surface area contributed by atoms with Crippen molar-refractivity contribution in [1.82, 2.24) is 0 Å². The van der Waals surface area contributed by atoms with E-state index >= 15 is 0 Å². The Balaban J connectivity index is 1.71. The molecule has 0 aliphatic carbocycles. The summed E-state index contributed by atoms with van der Waals surface area (Å²) in [6, 6.07) is 26.2. The van der Waals surface area contributed by atoms with E-state index in [1.165, 1.54) is 0 Å². The Hall–Kier alpha value is -3.92. The second-order valence-corrected chi connectivity index (χ2v) is 7.66. The van der Waals surface area contributed by atoms with E-state index in [0.717, 1.165) is 50.5 Å². The highest BCUT2D eigenvalue weighted by Gasteiger charge is 2.37. The molecule has 0 radical (unpaired) electrons. The lowest BCUT2D eigenvalue weighted by molar-refractivity contribution is 0.161. The first kappa shape index (κ1) is 20.0. The molecule has 160 valence electrons. The smallest absolute Gasteiger partial charge is 0.178 e. The van der Waals surface area contributed by atoms with E-state index in [1.54, 1.807) is 21.3 Å². The number of hydrogen-bond acceptors (Lipinski definition) is 4. The van der Waals surface area contributed by atoms with Crippen LogP contribution in [0.2, 0.25) is 0 Å². The lowest BCUT2D eigenvalue weighted by Gasteiger charge is -2.36. The molecule has 0 spiro atoms. The van der Waals surface area contributed by atoms with E-state index in [1.807, 2.05) is 66.7 Å². The van der Waals surface area contributed by atoms with Crippen LogP contribution in [0.4, 0.5) is 0 Å². The van der Waals surface area contributed by atoms with Crippen molar-refractivity contribution in [3.05, 3.63) is 102 Å². The molecule has 0 N–H and O–H groups in total. The van der Waals surface area contributed by atoms with E-state index in [2.05, 4.69) is 24.3 Å². The van der Waals surface area contributed by atoms with Crippen LogP contribution in [0.15, 0.2) is 84.9 Å². The molecule has 1 aliphatic rings. The number of fused-ring (bicyclic) bond motifs is 3. The Labute approximate surface area is 187 Å². The molecule has 4 aromatic rings. The fraction of sp³-hybridized carbons (Fsp3) is 0.143. The predicted molar refractivity (Wildman–Crippen MR) is 127 cm³/mol. The third kappa shape index (κ3) is 3.16. The highest BCUT2D eigenvalue weighted by Crippen LogP contribution is 2.46. The second kappa shape index (κ2) is 7.97. The van der Waals surface area contributed by atoms with Crippen LogP contribution in [0, 0.1) is 0 Å². The van der Waals surface area contributed by atoms with Gasteiger partial charge in [0.1, 0.15) is 23.0 Å². The van der Waals surface area contributed by atoms with Crippen LogP contribution in [0.3, 0.4) is 0 Å². The van der Waals surface area contributed by atoms with Gasteiger partial charge >= 0.3 is 0 Å². The van der Waals surface area contributed by atoms with Gasteiger partial charge in [0.25, 0.3) is 0 Å². The fourth-order valence-electron chi connectivity index (χ4n) is 4.34. The second-order valence-electron chi connectivity index (χ2n) is 7.66. The van der Waals surface area contributed by atoms with E-state index in [4.69, 9.17) is 18.9 Å². The van der Waals surface area contributed by atoms with Crippen molar-refractivity contribution in [3.8, 4) is 23.0 Å². The highest BCUT2D eigenvalue weighted by atomic mass is 16.5. The van der Waals surface area contributed by atoms with E-state index in [9.17, 15) is 0 Å². The van der Waals surface area contributed by atoms with Crippen molar-refractivity contribution in [2.75, 3.05) is 21.3 Å². The van der Waals surface area contributed by atoms with Gasteiger partial charge in [-0.25, -0.2) is 0 Å². The largest absolute Gasteiger partial charge is 0.497 e. The van der Waals surface area contributed by atoms with E-state index in [-0.39, 0.29) is 0 Å². The number of benzene rings is 4. The summed E-state index contributed by atoms with van der Waals surface area (Å²) in [5.41, 5.74) is 2.23. The van der Waals surface area contributed by atoms with E-state index < -0.39 is 5.60 Å². The Morgan fingerprint density at radius 2 is 1.28 bits per heavy atom. The van der Waals surface area contributed by atoms with Gasteiger partial charge < -0.3 is 18.9 Å². The fourth-order valence-corrected chi connectivity index (χ4v) is 4.34. The number of ether oxygens (including phenoxy) is 4. The van der Waals surface area contributed by atoms with Crippen molar-refractivity contribution in [2.45, 2.75) is 5.60 Å². The Bertz CT molecular complexity index is 1240. The molecule has 0 unspecified atom stereocenters. The molecule has 0 amide bonds. The average molecular weight is 424 g/mol. The zero-order valence-electron chi connectivity index (χ0n) is 18.3. The van der Waals surface area contributed by atoms with Gasteiger partial charge in [0, 0.05) is 22.1 Å². The summed E-state index contributed by atoms with van der Waals surface area (Å²) in [4.78, 5) is 0. The molecule has 1 aliphatic heterocycles. The topological polar surface area (TPSA) is 36.9 Å². The standard InChI is InChI=1S/C28H24O4/c1-29-22-12-8-20(9-13-22)28(21-10-14-23(30-2)15-11-21)18-17-24-25(32-28)16-7-19-5-4-6-26(31-3)27(19)24/h4-18H,1-3H3.